The van der Waals surface area contributed by atoms with E-state index in [1.54, 1.807) is 6.07 Å². The number of rotatable bonds is 1. The Morgan fingerprint density at radius 3 is 2.80 bits per heavy atom. The Kier molecular flexibility index (Phi) is 2.57. The SMILES string of the molecule is O=c1cccc2n1C[C@]1(c3ccccc3)CNC[C@H]2C1. The zero-order valence-electron chi connectivity index (χ0n) is 11.4. The van der Waals surface area contributed by atoms with Crippen LogP contribution in [-0.2, 0) is 12.0 Å². The summed E-state index contributed by atoms with van der Waals surface area (Å²) in [6.45, 7) is 2.71. The first-order valence-corrected chi connectivity index (χ1v) is 7.25. The van der Waals surface area contributed by atoms with Crippen LogP contribution in [0.2, 0.25) is 0 Å². The first-order chi connectivity index (χ1) is 9.78. The van der Waals surface area contributed by atoms with Crippen LogP contribution in [0.15, 0.2) is 53.3 Å². The maximum Gasteiger partial charge on any atom is 0.250 e. The third kappa shape index (κ3) is 1.66. The molecule has 1 N–H and O–H groups in total. The minimum absolute atomic E-state index is 0.0579. The fourth-order valence-electron chi connectivity index (χ4n) is 3.90. The molecule has 4 rings (SSSR count). The molecule has 3 heteroatoms. The Balaban J connectivity index is 1.88. The molecule has 1 fully saturated rings. The van der Waals surface area contributed by atoms with Crippen LogP contribution in [0.25, 0.3) is 0 Å². The van der Waals surface area contributed by atoms with Crippen LogP contribution in [0.4, 0.5) is 0 Å². The lowest BCUT2D eigenvalue weighted by atomic mass is 9.68. The second kappa shape index (κ2) is 4.32. The lowest BCUT2D eigenvalue weighted by Gasteiger charge is -2.47. The predicted molar refractivity (Wildman–Crippen MR) is 79.0 cm³/mol. The van der Waals surface area contributed by atoms with Gasteiger partial charge in [0.15, 0.2) is 0 Å². The smallest absolute Gasteiger partial charge is 0.250 e. The van der Waals surface area contributed by atoms with Crippen LogP contribution in [-0.4, -0.2) is 17.7 Å². The van der Waals surface area contributed by atoms with E-state index in [1.165, 1.54) is 11.3 Å². The highest BCUT2D eigenvalue weighted by Gasteiger charge is 2.43. The summed E-state index contributed by atoms with van der Waals surface area (Å²) in [6.07, 6.45) is 1.13. The summed E-state index contributed by atoms with van der Waals surface area (Å²) in [6, 6.07) is 16.3. The van der Waals surface area contributed by atoms with Crippen LogP contribution in [0, 0.1) is 0 Å². The fourth-order valence-corrected chi connectivity index (χ4v) is 3.90. The number of pyridine rings is 1. The molecule has 2 aromatic rings. The molecular weight excluding hydrogens is 248 g/mol. The molecule has 0 radical (unpaired) electrons. The molecule has 2 atom stereocenters. The van der Waals surface area contributed by atoms with Gasteiger partial charge in [-0.1, -0.05) is 36.4 Å². The van der Waals surface area contributed by atoms with Gasteiger partial charge in [-0.05, 0) is 18.1 Å². The third-order valence-electron chi connectivity index (χ3n) is 4.84. The van der Waals surface area contributed by atoms with Crippen molar-refractivity contribution in [2.24, 2.45) is 0 Å². The Hall–Kier alpha value is -1.87. The maximum absolute atomic E-state index is 12.2. The van der Waals surface area contributed by atoms with Crippen LogP contribution in [0.5, 0.6) is 0 Å². The molecule has 20 heavy (non-hydrogen) atoms. The third-order valence-corrected chi connectivity index (χ3v) is 4.84. The van der Waals surface area contributed by atoms with Crippen LogP contribution in [0.3, 0.4) is 0 Å². The van der Waals surface area contributed by atoms with Crippen LogP contribution in [0.1, 0.15) is 23.6 Å². The van der Waals surface area contributed by atoms with E-state index in [0.29, 0.717) is 5.92 Å². The van der Waals surface area contributed by atoms with E-state index in [-0.39, 0.29) is 11.0 Å². The second-order valence-corrected chi connectivity index (χ2v) is 6.05. The van der Waals surface area contributed by atoms with Crippen molar-refractivity contribution in [2.75, 3.05) is 13.1 Å². The summed E-state index contributed by atoms with van der Waals surface area (Å²) in [5.74, 6) is 0.437. The molecule has 0 aliphatic carbocycles. The Bertz CT molecular complexity index is 692. The molecule has 3 heterocycles. The van der Waals surface area contributed by atoms with Gasteiger partial charge >= 0.3 is 0 Å². The van der Waals surface area contributed by atoms with Crippen molar-refractivity contribution in [2.45, 2.75) is 24.3 Å². The Labute approximate surface area is 118 Å². The highest BCUT2D eigenvalue weighted by Crippen LogP contribution is 2.42. The van der Waals surface area contributed by atoms with Gasteiger partial charge in [0.1, 0.15) is 0 Å². The van der Waals surface area contributed by atoms with E-state index >= 15 is 0 Å². The maximum atomic E-state index is 12.2. The molecule has 0 saturated carbocycles. The molecule has 0 spiro atoms. The van der Waals surface area contributed by atoms with Gasteiger partial charge in [-0.2, -0.15) is 0 Å². The number of nitrogens with one attached hydrogen (secondary N) is 1. The van der Waals surface area contributed by atoms with E-state index in [1.807, 2.05) is 10.6 Å². The summed E-state index contributed by atoms with van der Waals surface area (Å²) in [4.78, 5) is 12.2. The topological polar surface area (TPSA) is 34.0 Å². The van der Waals surface area contributed by atoms with E-state index in [2.05, 4.69) is 41.7 Å². The average molecular weight is 266 g/mol. The predicted octanol–water partition coefficient (Wildman–Crippen LogP) is 1.88. The number of hydrogen-bond acceptors (Lipinski definition) is 2. The molecule has 1 aromatic heterocycles. The highest BCUT2D eigenvalue weighted by molar-refractivity contribution is 5.32. The van der Waals surface area contributed by atoms with Gasteiger partial charge in [0.2, 0.25) is 0 Å². The Morgan fingerprint density at radius 1 is 1.10 bits per heavy atom. The van der Waals surface area contributed by atoms with Crippen molar-refractivity contribution in [3.63, 3.8) is 0 Å². The molecule has 1 saturated heterocycles. The summed E-state index contributed by atoms with van der Waals surface area (Å²) >= 11 is 0. The van der Waals surface area contributed by atoms with E-state index in [0.717, 1.165) is 26.1 Å². The number of aromatic nitrogens is 1. The zero-order chi connectivity index (χ0) is 13.6. The second-order valence-electron chi connectivity index (χ2n) is 6.05. The van der Waals surface area contributed by atoms with Crippen LogP contribution < -0.4 is 10.9 Å². The number of benzene rings is 1. The molecule has 2 bridgehead atoms. The van der Waals surface area contributed by atoms with Gasteiger partial charge < -0.3 is 9.88 Å². The van der Waals surface area contributed by atoms with E-state index in [9.17, 15) is 4.79 Å². The van der Waals surface area contributed by atoms with Crippen molar-refractivity contribution in [3.05, 3.63) is 70.1 Å². The minimum atomic E-state index is 0.0579. The largest absolute Gasteiger partial charge is 0.315 e. The molecule has 0 amide bonds. The van der Waals surface area contributed by atoms with Crippen molar-refractivity contribution in [1.82, 2.24) is 9.88 Å². The van der Waals surface area contributed by atoms with Gasteiger partial charge in [-0.3, -0.25) is 4.79 Å². The van der Waals surface area contributed by atoms with Crippen molar-refractivity contribution in [1.29, 1.82) is 0 Å². The van der Waals surface area contributed by atoms with Gasteiger partial charge in [-0.15, -0.1) is 0 Å². The van der Waals surface area contributed by atoms with E-state index in [4.69, 9.17) is 0 Å². The number of nitrogens with zero attached hydrogens (tertiary/aromatic N) is 1. The highest BCUT2D eigenvalue weighted by atomic mass is 16.1. The molecule has 3 nitrogen and oxygen atoms in total. The first-order valence-electron chi connectivity index (χ1n) is 7.25. The summed E-state index contributed by atoms with van der Waals surface area (Å²) in [7, 11) is 0. The first kappa shape index (κ1) is 11.9. The number of fused-ring (bicyclic) bond motifs is 4. The number of piperidine rings is 1. The van der Waals surface area contributed by atoms with Crippen molar-refractivity contribution in [3.8, 4) is 0 Å². The molecule has 2 aliphatic rings. The summed E-state index contributed by atoms with van der Waals surface area (Å²) in [5, 5.41) is 3.57. The monoisotopic (exact) mass is 266 g/mol. The summed E-state index contributed by atoms with van der Waals surface area (Å²) < 4.78 is 1.99. The van der Waals surface area contributed by atoms with Crippen molar-refractivity contribution >= 4 is 0 Å². The molecular formula is C17H18N2O. The van der Waals surface area contributed by atoms with E-state index < -0.39 is 0 Å². The zero-order valence-corrected chi connectivity index (χ0v) is 11.4. The molecule has 102 valence electrons. The fraction of sp³-hybridized carbons (Fsp3) is 0.353. The lowest BCUT2D eigenvalue weighted by Crippen LogP contribution is -2.54. The quantitative estimate of drug-likeness (QED) is 0.855. The number of hydrogen-bond donors (Lipinski definition) is 1. The molecule has 0 unspecified atom stereocenters. The standard InChI is InChI=1S/C17H18N2O/c20-16-8-4-7-15-13-9-17(11-18-10-13,12-19(15)16)14-5-2-1-3-6-14/h1-8,13,18H,9-12H2/t13-,17-/m1/s1. The normalized spacial score (nSPS) is 27.9. The van der Waals surface area contributed by atoms with Gasteiger partial charge in [0.05, 0.1) is 0 Å². The molecule has 2 aliphatic heterocycles. The minimum Gasteiger partial charge on any atom is -0.315 e. The molecule has 1 aromatic carbocycles. The Morgan fingerprint density at radius 2 is 1.95 bits per heavy atom. The van der Waals surface area contributed by atoms with Gasteiger partial charge in [-0.25, -0.2) is 0 Å². The average Bonchev–Trinajstić information content (AvgIpc) is 2.50. The lowest BCUT2D eigenvalue weighted by molar-refractivity contribution is 0.207. The van der Waals surface area contributed by atoms with Crippen molar-refractivity contribution < 1.29 is 0 Å². The van der Waals surface area contributed by atoms with Crippen LogP contribution >= 0.6 is 0 Å². The van der Waals surface area contributed by atoms with Gasteiger partial charge in [0, 0.05) is 42.7 Å². The van der Waals surface area contributed by atoms with Gasteiger partial charge in [0.25, 0.3) is 5.56 Å². The summed E-state index contributed by atoms with van der Waals surface area (Å²) in [5.41, 5.74) is 2.73.